The van der Waals surface area contributed by atoms with Gasteiger partial charge in [-0.15, -0.1) is 0 Å². The van der Waals surface area contributed by atoms with Crippen LogP contribution in [0.5, 0.6) is 11.5 Å². The van der Waals surface area contributed by atoms with Crippen molar-refractivity contribution in [1.82, 2.24) is 10.2 Å². The highest BCUT2D eigenvalue weighted by molar-refractivity contribution is 6.31. The number of hydrogen-bond donors (Lipinski definition) is 2. The highest BCUT2D eigenvalue weighted by atomic mass is 35.5. The second kappa shape index (κ2) is 11.5. The van der Waals surface area contributed by atoms with E-state index in [0.717, 1.165) is 11.1 Å². The summed E-state index contributed by atoms with van der Waals surface area (Å²) in [4.78, 5) is 25.9. The lowest BCUT2D eigenvalue weighted by Gasteiger charge is -2.18. The van der Waals surface area contributed by atoms with Crippen molar-refractivity contribution in [3.63, 3.8) is 0 Å². The summed E-state index contributed by atoms with van der Waals surface area (Å²) in [6.45, 7) is -0.974. The van der Waals surface area contributed by atoms with Crippen LogP contribution in [0.25, 0.3) is 0 Å². The molecule has 2 aromatic carbocycles. The van der Waals surface area contributed by atoms with Gasteiger partial charge >= 0.3 is 6.61 Å². The van der Waals surface area contributed by atoms with Crippen LogP contribution in [-0.2, 0) is 16.1 Å². The van der Waals surface area contributed by atoms with E-state index in [0.29, 0.717) is 17.3 Å². The van der Waals surface area contributed by atoms with Crippen LogP contribution in [0.2, 0.25) is 5.02 Å². The van der Waals surface area contributed by atoms with E-state index in [1.54, 1.807) is 49.2 Å². The van der Waals surface area contributed by atoms with E-state index >= 15 is 0 Å². The molecule has 168 valence electrons. The Morgan fingerprint density at radius 3 is 2.58 bits per heavy atom. The minimum atomic E-state index is -2.95. The van der Waals surface area contributed by atoms with Crippen molar-refractivity contribution < 1.29 is 27.8 Å². The average Bonchev–Trinajstić information content (AvgIpc) is 2.70. The average molecular weight is 456 g/mol. The van der Waals surface area contributed by atoms with Gasteiger partial charge in [-0.1, -0.05) is 23.7 Å². The second-order valence-corrected chi connectivity index (χ2v) is 7.18. The van der Waals surface area contributed by atoms with E-state index in [2.05, 4.69) is 15.4 Å². The number of anilines is 1. The van der Waals surface area contributed by atoms with E-state index in [9.17, 15) is 18.4 Å². The zero-order valence-corrected chi connectivity index (χ0v) is 18.1. The van der Waals surface area contributed by atoms with Crippen molar-refractivity contribution in [3.05, 3.63) is 52.5 Å². The summed E-state index contributed by atoms with van der Waals surface area (Å²) in [5, 5.41) is 5.79. The van der Waals surface area contributed by atoms with E-state index < -0.39 is 6.61 Å². The summed E-state index contributed by atoms with van der Waals surface area (Å²) in [6, 6.07) is 9.72. The van der Waals surface area contributed by atoms with Crippen molar-refractivity contribution in [2.24, 2.45) is 0 Å². The predicted octanol–water partition coefficient (Wildman–Crippen LogP) is 3.45. The maximum absolute atomic E-state index is 12.4. The molecule has 0 atom stereocenters. The molecule has 2 amide bonds. The first-order valence-corrected chi connectivity index (χ1v) is 9.69. The second-order valence-electron chi connectivity index (χ2n) is 6.77. The fourth-order valence-electron chi connectivity index (χ4n) is 2.79. The van der Waals surface area contributed by atoms with Gasteiger partial charge in [-0.05, 0) is 49.4 Å². The lowest BCUT2D eigenvalue weighted by molar-refractivity contribution is -0.124. The number of ether oxygens (including phenoxy) is 2. The summed E-state index contributed by atoms with van der Waals surface area (Å²) in [6.07, 6.45) is 0. The first-order chi connectivity index (χ1) is 14.7. The molecular weight excluding hydrogens is 432 g/mol. The van der Waals surface area contributed by atoms with Gasteiger partial charge < -0.3 is 20.1 Å². The number of benzene rings is 2. The molecule has 0 saturated heterocycles. The number of methoxy groups -OCH3 is 1. The van der Waals surface area contributed by atoms with Gasteiger partial charge in [0.1, 0.15) is 0 Å². The van der Waals surface area contributed by atoms with E-state index in [-0.39, 0.29) is 36.4 Å². The van der Waals surface area contributed by atoms with Gasteiger partial charge in [0.25, 0.3) is 0 Å². The van der Waals surface area contributed by atoms with Gasteiger partial charge in [0, 0.05) is 17.3 Å². The van der Waals surface area contributed by atoms with Crippen molar-refractivity contribution >= 4 is 29.1 Å². The summed E-state index contributed by atoms with van der Waals surface area (Å²) in [7, 11) is 3.07. The van der Waals surface area contributed by atoms with Crippen molar-refractivity contribution in [1.29, 1.82) is 0 Å². The molecule has 2 rings (SSSR count). The highest BCUT2D eigenvalue weighted by Gasteiger charge is 2.14. The smallest absolute Gasteiger partial charge is 0.387 e. The van der Waals surface area contributed by atoms with Crippen molar-refractivity contribution in [3.8, 4) is 11.5 Å². The molecule has 0 aliphatic carbocycles. The molecule has 2 N–H and O–H groups in total. The van der Waals surface area contributed by atoms with Crippen LogP contribution in [0.4, 0.5) is 14.5 Å². The fourth-order valence-corrected chi connectivity index (χ4v) is 2.96. The Balaban J connectivity index is 1.83. The van der Waals surface area contributed by atoms with Crippen LogP contribution in [0.3, 0.4) is 0 Å². The van der Waals surface area contributed by atoms with Gasteiger partial charge in [-0.25, -0.2) is 0 Å². The van der Waals surface area contributed by atoms with Gasteiger partial charge in [0.15, 0.2) is 11.5 Å². The molecule has 7 nitrogen and oxygen atoms in total. The monoisotopic (exact) mass is 455 g/mol. The molecule has 0 radical (unpaired) electrons. The maximum Gasteiger partial charge on any atom is 0.387 e. The number of alkyl halides is 2. The number of likely N-dealkylation sites (N-methyl/N-ethyl adjacent to an activating group) is 1. The molecule has 0 heterocycles. The molecular formula is C21H24ClF2N3O4. The number of carbonyl (C=O) groups is 2. The fraction of sp³-hybridized carbons (Fsp3) is 0.333. The zero-order valence-electron chi connectivity index (χ0n) is 17.4. The molecule has 2 aromatic rings. The highest BCUT2D eigenvalue weighted by Crippen LogP contribution is 2.29. The quantitative estimate of drug-likeness (QED) is 0.573. The largest absolute Gasteiger partial charge is 0.493 e. The minimum Gasteiger partial charge on any atom is -0.493 e. The molecule has 31 heavy (non-hydrogen) atoms. The van der Waals surface area contributed by atoms with E-state index in [4.69, 9.17) is 16.3 Å². The van der Waals surface area contributed by atoms with Crippen LogP contribution in [-0.4, -0.2) is 50.6 Å². The summed E-state index contributed by atoms with van der Waals surface area (Å²) in [5.74, 6) is -0.614. The Kier molecular flexibility index (Phi) is 9.02. The number of amides is 2. The van der Waals surface area contributed by atoms with E-state index in [1.807, 2.05) is 0 Å². The van der Waals surface area contributed by atoms with Crippen molar-refractivity contribution in [2.45, 2.75) is 20.1 Å². The molecule has 0 spiro atoms. The standard InChI is InChI=1S/C21H24ClF2N3O4/c1-13-15(22)5-4-6-16(13)26-19(28)10-25-20(29)12-27(2)11-14-7-8-17(31-21(23)24)18(9-14)30-3/h4-9,21H,10-12H2,1-3H3,(H,25,29)(H,26,28). The van der Waals surface area contributed by atoms with Crippen LogP contribution >= 0.6 is 11.6 Å². The summed E-state index contributed by atoms with van der Waals surface area (Å²) < 4.78 is 34.3. The van der Waals surface area contributed by atoms with Crippen LogP contribution in [0, 0.1) is 6.92 Å². The van der Waals surface area contributed by atoms with Gasteiger partial charge in [-0.3, -0.25) is 14.5 Å². The molecule has 0 fully saturated rings. The molecule has 0 aliphatic heterocycles. The third-order valence-electron chi connectivity index (χ3n) is 4.30. The topological polar surface area (TPSA) is 79.9 Å². The molecule has 10 heteroatoms. The number of nitrogens with one attached hydrogen (secondary N) is 2. The van der Waals surface area contributed by atoms with Crippen LogP contribution < -0.4 is 20.1 Å². The number of hydrogen-bond acceptors (Lipinski definition) is 5. The normalized spacial score (nSPS) is 10.8. The van der Waals surface area contributed by atoms with Gasteiger partial charge in [-0.2, -0.15) is 8.78 Å². The lowest BCUT2D eigenvalue weighted by Crippen LogP contribution is -2.39. The van der Waals surface area contributed by atoms with Gasteiger partial charge in [0.2, 0.25) is 11.8 Å². The SMILES string of the molecule is COc1cc(CN(C)CC(=O)NCC(=O)Nc2cccc(Cl)c2C)ccc1OC(F)F. The lowest BCUT2D eigenvalue weighted by atomic mass is 10.2. The zero-order chi connectivity index (χ0) is 23.0. The van der Waals surface area contributed by atoms with Gasteiger partial charge in [0.05, 0.1) is 20.2 Å². The maximum atomic E-state index is 12.4. The third-order valence-corrected chi connectivity index (χ3v) is 4.71. The summed E-state index contributed by atoms with van der Waals surface area (Å²) >= 11 is 6.02. The van der Waals surface area contributed by atoms with E-state index in [1.165, 1.54) is 13.2 Å². The Morgan fingerprint density at radius 2 is 1.90 bits per heavy atom. The van der Waals surface area contributed by atoms with Crippen molar-refractivity contribution in [2.75, 3.05) is 32.6 Å². The number of rotatable bonds is 10. The molecule has 0 unspecified atom stereocenters. The first kappa shape index (κ1) is 24.4. The molecule has 0 aliphatic rings. The number of nitrogens with zero attached hydrogens (tertiary/aromatic N) is 1. The number of carbonyl (C=O) groups excluding carboxylic acids is 2. The number of halogens is 3. The Labute approximate surface area is 184 Å². The summed E-state index contributed by atoms with van der Waals surface area (Å²) in [5.41, 5.74) is 2.06. The predicted molar refractivity (Wildman–Crippen MR) is 114 cm³/mol. The molecule has 0 bridgehead atoms. The first-order valence-electron chi connectivity index (χ1n) is 9.31. The van der Waals surface area contributed by atoms with Crippen LogP contribution in [0.1, 0.15) is 11.1 Å². The Bertz CT molecular complexity index is 927. The Hall–Kier alpha value is -2.91. The molecule has 0 aromatic heterocycles. The van der Waals surface area contributed by atoms with Crippen LogP contribution in [0.15, 0.2) is 36.4 Å². The third kappa shape index (κ3) is 7.69. The Morgan fingerprint density at radius 1 is 1.16 bits per heavy atom. The molecule has 0 saturated carbocycles. The minimum absolute atomic E-state index is 0.0288.